The van der Waals surface area contributed by atoms with E-state index in [2.05, 4.69) is 10.0 Å². The van der Waals surface area contributed by atoms with Gasteiger partial charge in [0.15, 0.2) is 11.5 Å². The molecule has 116 valence electrons. The van der Waals surface area contributed by atoms with Crippen molar-refractivity contribution < 1.29 is 17.9 Å². The molecule has 0 fully saturated rings. The van der Waals surface area contributed by atoms with Crippen LogP contribution in [-0.4, -0.2) is 21.5 Å². The van der Waals surface area contributed by atoms with Gasteiger partial charge in [-0.15, -0.1) is 0 Å². The fourth-order valence-corrected chi connectivity index (χ4v) is 2.69. The summed E-state index contributed by atoms with van der Waals surface area (Å²) < 4.78 is 35.3. The Morgan fingerprint density at radius 1 is 1.00 bits per heavy atom. The van der Waals surface area contributed by atoms with Crippen LogP contribution in [0.4, 0.5) is 11.4 Å². The maximum absolute atomic E-state index is 11.1. The van der Waals surface area contributed by atoms with Gasteiger partial charge in [0.25, 0.3) is 0 Å². The molecule has 6 nitrogen and oxygen atoms in total. The summed E-state index contributed by atoms with van der Waals surface area (Å²) in [4.78, 5) is 0. The summed E-state index contributed by atoms with van der Waals surface area (Å²) in [6, 6.07) is 12.9. The van der Waals surface area contributed by atoms with Gasteiger partial charge in [0.1, 0.15) is 0 Å². The first kappa shape index (κ1) is 14.5. The standard InChI is InChI=1S/C15H16N2O4S/c1-22(18,19)17-13-5-3-12(4-6-13)16-9-11-2-7-14-15(8-11)21-10-20-14/h2-8,16-17H,9-10H2,1H3. The second-order valence-electron chi connectivity index (χ2n) is 4.99. The van der Waals surface area contributed by atoms with Crippen LogP contribution in [0, 0.1) is 0 Å². The van der Waals surface area contributed by atoms with Crippen LogP contribution in [0.3, 0.4) is 0 Å². The van der Waals surface area contributed by atoms with Gasteiger partial charge < -0.3 is 14.8 Å². The van der Waals surface area contributed by atoms with Crippen LogP contribution >= 0.6 is 0 Å². The molecule has 0 aliphatic carbocycles. The molecule has 2 N–H and O–H groups in total. The third kappa shape index (κ3) is 3.62. The maximum Gasteiger partial charge on any atom is 0.231 e. The molecule has 2 aromatic carbocycles. The first-order valence-electron chi connectivity index (χ1n) is 6.70. The lowest BCUT2D eigenvalue weighted by atomic mass is 10.2. The Kier molecular flexibility index (Phi) is 3.81. The molecule has 0 bridgehead atoms. The molecule has 0 atom stereocenters. The molecule has 0 spiro atoms. The Bertz CT molecular complexity index is 773. The molecule has 3 rings (SSSR count). The number of nitrogens with one attached hydrogen (secondary N) is 2. The predicted molar refractivity (Wildman–Crippen MR) is 84.8 cm³/mol. The first-order valence-corrected chi connectivity index (χ1v) is 8.59. The summed E-state index contributed by atoms with van der Waals surface area (Å²) in [6.45, 7) is 0.899. The van der Waals surface area contributed by atoms with E-state index >= 15 is 0 Å². The van der Waals surface area contributed by atoms with Crippen molar-refractivity contribution in [2.24, 2.45) is 0 Å². The smallest absolute Gasteiger partial charge is 0.231 e. The molecule has 7 heteroatoms. The number of hydrogen-bond acceptors (Lipinski definition) is 5. The Labute approximate surface area is 129 Å². The summed E-state index contributed by atoms with van der Waals surface area (Å²) in [5.41, 5.74) is 2.51. The lowest BCUT2D eigenvalue weighted by molar-refractivity contribution is 0.174. The molecule has 1 aliphatic heterocycles. The number of benzene rings is 2. The van der Waals surface area contributed by atoms with Gasteiger partial charge in [0.2, 0.25) is 16.8 Å². The second-order valence-corrected chi connectivity index (χ2v) is 6.74. The molecular formula is C15H16N2O4S. The van der Waals surface area contributed by atoms with E-state index in [-0.39, 0.29) is 6.79 Å². The van der Waals surface area contributed by atoms with Crippen molar-refractivity contribution >= 4 is 21.4 Å². The molecule has 22 heavy (non-hydrogen) atoms. The van der Waals surface area contributed by atoms with Crippen LogP contribution in [0.15, 0.2) is 42.5 Å². The fourth-order valence-electron chi connectivity index (χ4n) is 2.13. The SMILES string of the molecule is CS(=O)(=O)Nc1ccc(NCc2ccc3c(c2)OCO3)cc1. The van der Waals surface area contributed by atoms with E-state index in [9.17, 15) is 8.42 Å². The molecule has 0 radical (unpaired) electrons. The molecule has 1 aliphatic rings. The monoisotopic (exact) mass is 320 g/mol. The molecule has 0 unspecified atom stereocenters. The average molecular weight is 320 g/mol. The molecule has 0 saturated heterocycles. The Hall–Kier alpha value is -2.41. The fraction of sp³-hybridized carbons (Fsp3) is 0.200. The van der Waals surface area contributed by atoms with Crippen LogP contribution in [0.5, 0.6) is 11.5 Å². The van der Waals surface area contributed by atoms with Gasteiger partial charge >= 0.3 is 0 Å². The molecular weight excluding hydrogens is 304 g/mol. The van der Waals surface area contributed by atoms with Crippen molar-refractivity contribution in [1.82, 2.24) is 0 Å². The quantitative estimate of drug-likeness (QED) is 0.884. The third-order valence-electron chi connectivity index (χ3n) is 3.12. The Balaban J connectivity index is 1.62. The van der Waals surface area contributed by atoms with E-state index in [1.54, 1.807) is 12.1 Å². The maximum atomic E-state index is 11.1. The van der Waals surface area contributed by atoms with Crippen molar-refractivity contribution in [3.63, 3.8) is 0 Å². The molecule has 2 aromatic rings. The van der Waals surface area contributed by atoms with Gasteiger partial charge in [-0.3, -0.25) is 4.72 Å². The van der Waals surface area contributed by atoms with Crippen molar-refractivity contribution in [2.75, 3.05) is 23.1 Å². The number of hydrogen-bond donors (Lipinski definition) is 2. The Morgan fingerprint density at radius 2 is 1.68 bits per heavy atom. The van der Waals surface area contributed by atoms with E-state index < -0.39 is 10.0 Å². The molecule has 0 saturated carbocycles. The van der Waals surface area contributed by atoms with Crippen molar-refractivity contribution in [2.45, 2.75) is 6.54 Å². The molecule has 0 aromatic heterocycles. The topological polar surface area (TPSA) is 76.7 Å². The van der Waals surface area contributed by atoms with Crippen LogP contribution in [0.2, 0.25) is 0 Å². The van der Waals surface area contributed by atoms with Crippen LogP contribution < -0.4 is 19.5 Å². The van der Waals surface area contributed by atoms with Gasteiger partial charge in [-0.1, -0.05) is 6.07 Å². The highest BCUT2D eigenvalue weighted by atomic mass is 32.2. The number of anilines is 2. The molecule has 1 heterocycles. The van der Waals surface area contributed by atoms with E-state index in [1.807, 2.05) is 30.3 Å². The van der Waals surface area contributed by atoms with Crippen molar-refractivity contribution in [3.05, 3.63) is 48.0 Å². The van der Waals surface area contributed by atoms with Gasteiger partial charge in [-0.2, -0.15) is 0 Å². The second kappa shape index (κ2) is 5.76. The predicted octanol–water partition coefficient (Wildman–Crippen LogP) is 2.40. The summed E-state index contributed by atoms with van der Waals surface area (Å²) in [5, 5.41) is 3.27. The van der Waals surface area contributed by atoms with Crippen molar-refractivity contribution in [3.8, 4) is 11.5 Å². The van der Waals surface area contributed by atoms with E-state index in [4.69, 9.17) is 9.47 Å². The zero-order valence-corrected chi connectivity index (χ0v) is 12.8. The van der Waals surface area contributed by atoms with Gasteiger partial charge in [0.05, 0.1) is 6.26 Å². The van der Waals surface area contributed by atoms with E-state index in [1.165, 1.54) is 0 Å². The van der Waals surface area contributed by atoms with E-state index in [0.29, 0.717) is 12.2 Å². The summed E-state index contributed by atoms with van der Waals surface area (Å²) in [6.07, 6.45) is 1.12. The van der Waals surface area contributed by atoms with Crippen LogP contribution in [0.25, 0.3) is 0 Å². The minimum absolute atomic E-state index is 0.265. The highest BCUT2D eigenvalue weighted by molar-refractivity contribution is 7.92. The van der Waals surface area contributed by atoms with Crippen LogP contribution in [0.1, 0.15) is 5.56 Å². The number of ether oxygens (including phenoxy) is 2. The highest BCUT2D eigenvalue weighted by Gasteiger charge is 2.12. The number of sulfonamides is 1. The minimum atomic E-state index is -3.25. The number of rotatable bonds is 5. The van der Waals surface area contributed by atoms with Gasteiger partial charge in [0, 0.05) is 17.9 Å². The summed E-state index contributed by atoms with van der Waals surface area (Å²) in [5.74, 6) is 1.52. The first-order chi connectivity index (χ1) is 10.5. The number of fused-ring (bicyclic) bond motifs is 1. The van der Waals surface area contributed by atoms with E-state index in [0.717, 1.165) is 29.0 Å². The van der Waals surface area contributed by atoms with Crippen LogP contribution in [-0.2, 0) is 16.6 Å². The largest absolute Gasteiger partial charge is 0.454 e. The normalized spacial score (nSPS) is 13.0. The lowest BCUT2D eigenvalue weighted by Crippen LogP contribution is -2.09. The lowest BCUT2D eigenvalue weighted by Gasteiger charge is -2.09. The van der Waals surface area contributed by atoms with Gasteiger partial charge in [-0.05, 0) is 42.0 Å². The van der Waals surface area contributed by atoms with Crippen molar-refractivity contribution in [1.29, 1.82) is 0 Å². The Morgan fingerprint density at radius 3 is 2.41 bits per heavy atom. The third-order valence-corrected chi connectivity index (χ3v) is 3.73. The average Bonchev–Trinajstić information content (AvgIpc) is 2.92. The van der Waals surface area contributed by atoms with Gasteiger partial charge in [-0.25, -0.2) is 8.42 Å². The zero-order valence-electron chi connectivity index (χ0n) is 12.0. The summed E-state index contributed by atoms with van der Waals surface area (Å²) in [7, 11) is -3.25. The minimum Gasteiger partial charge on any atom is -0.454 e. The summed E-state index contributed by atoms with van der Waals surface area (Å²) >= 11 is 0. The molecule has 0 amide bonds. The zero-order chi connectivity index (χ0) is 15.6. The highest BCUT2D eigenvalue weighted by Crippen LogP contribution is 2.32.